The van der Waals surface area contributed by atoms with Crippen LogP contribution in [-0.4, -0.2) is 0 Å². The smallest absolute Gasteiger partial charge is 0.0540 e. The Labute approximate surface area is 739 Å². The van der Waals surface area contributed by atoms with Gasteiger partial charge in [-0.05, 0) is 257 Å². The quantitative estimate of drug-likeness (QED) is 0.0845. The van der Waals surface area contributed by atoms with Crippen molar-refractivity contribution in [1.82, 2.24) is 0 Å². The maximum Gasteiger partial charge on any atom is 0.0540 e. The zero-order valence-corrected chi connectivity index (χ0v) is 70.9. The number of hydrogen-bond donors (Lipinski definition) is 0. The summed E-state index contributed by atoms with van der Waals surface area (Å²) in [6, 6.07) is 175. The zero-order chi connectivity index (χ0) is 84.4. The average molecular weight is 1610 g/mol. The fraction of sp³-hybridized carbons (Fsp3) is 0.0484. The molecule has 2 aliphatic carbocycles. The van der Waals surface area contributed by atoms with Crippen molar-refractivity contribution in [2.24, 2.45) is 0 Å². The zero-order valence-electron chi connectivity index (χ0n) is 70.9. The molecule has 0 aliphatic heterocycles. The Hall–Kier alpha value is -15.7. The van der Waals surface area contributed by atoms with E-state index in [1.165, 1.54) is 133 Å². The number of para-hydroxylation sites is 2. The van der Waals surface area contributed by atoms with Gasteiger partial charge in [0.05, 0.1) is 11.4 Å². The first kappa shape index (κ1) is 76.4. The first-order valence-electron chi connectivity index (χ1n) is 43.9. The van der Waals surface area contributed by atoms with Crippen molar-refractivity contribution in [2.75, 3.05) is 9.80 Å². The standard InChI is InChI=1S/C124H90N2/c1-123(2)115-52-24-20-47-109(115)121-107(50-30-54-117(121)123)105-45-22-26-56-119(105)125(97-70-64-83(65-71-97)94-68-75-102(85-32-10-5-11-33-85)111(79-94)87-36-14-7-15-37-87)99-44-28-43-93(78-99)96-63-62-90-42-29-49-101(113(90)81-96)91-58-60-92(61-59-91)103-76-69-95(80-112(103)88-38-16-8-17-39-88)84-66-72-98(73-67-84)126(100-74-77-104(86-34-12-6-13-35-86)114(82-100)89-40-18-9-19-41-89)120-57-27-23-46-106(120)108-51-31-55-118-122(108)110-48-21-25-53-116(110)124(118,3)4/h5-82H,1-4H3. The SMILES string of the molecule is CC1(C)c2ccccc2-c2c(-c3ccccc3N(c3ccc(-c4ccc(-c5ccccc5)c(-c5ccccc5)c4)cc3)c3cccc(-c4ccc5cccc(-c6ccc(-c7ccc(-c8ccc(N(c9ccc(-c%10ccccc%10)c(-c%10ccccc%10)c9)c9ccccc9-c9cccc%10c9-c9ccccc9C%10(C)C)cc8)cc7-c7ccccc7)cc6)c5c4)c3)cccc21. The lowest BCUT2D eigenvalue weighted by Gasteiger charge is -2.30. The van der Waals surface area contributed by atoms with Crippen LogP contribution in [0.3, 0.4) is 0 Å². The minimum atomic E-state index is -0.158. The molecular weight excluding hydrogens is 1520 g/mol. The van der Waals surface area contributed by atoms with Gasteiger partial charge in [-0.2, -0.15) is 0 Å². The second-order valence-corrected chi connectivity index (χ2v) is 34.5. The van der Waals surface area contributed by atoms with Crippen LogP contribution in [0, 0.1) is 0 Å². The molecule has 2 nitrogen and oxygen atoms in total. The van der Waals surface area contributed by atoms with Crippen LogP contribution in [0.25, 0.3) is 167 Å². The predicted octanol–water partition coefficient (Wildman–Crippen LogP) is 34.4. The van der Waals surface area contributed by atoms with Gasteiger partial charge in [0.2, 0.25) is 0 Å². The number of nitrogens with zero attached hydrogens (tertiary/aromatic N) is 2. The van der Waals surface area contributed by atoms with Gasteiger partial charge in [0, 0.05) is 44.7 Å². The van der Waals surface area contributed by atoms with Crippen molar-refractivity contribution in [1.29, 1.82) is 0 Å². The lowest BCUT2D eigenvalue weighted by atomic mass is 9.82. The van der Waals surface area contributed by atoms with E-state index in [2.05, 4.69) is 511 Å². The number of benzene rings is 20. The van der Waals surface area contributed by atoms with E-state index in [0.717, 1.165) is 89.8 Å². The van der Waals surface area contributed by atoms with E-state index < -0.39 is 0 Å². The van der Waals surface area contributed by atoms with Crippen LogP contribution >= 0.6 is 0 Å². The van der Waals surface area contributed by atoms with E-state index in [-0.39, 0.29) is 10.8 Å². The Morgan fingerprint density at radius 2 is 0.437 bits per heavy atom. The molecule has 0 N–H and O–H groups in total. The van der Waals surface area contributed by atoms with Crippen molar-refractivity contribution in [3.8, 4) is 156 Å². The van der Waals surface area contributed by atoms with Gasteiger partial charge in [0.15, 0.2) is 0 Å². The van der Waals surface area contributed by atoms with Crippen LogP contribution in [0.2, 0.25) is 0 Å². The topological polar surface area (TPSA) is 6.48 Å². The first-order valence-corrected chi connectivity index (χ1v) is 43.9. The molecule has 126 heavy (non-hydrogen) atoms. The highest BCUT2D eigenvalue weighted by Gasteiger charge is 2.39. The van der Waals surface area contributed by atoms with E-state index >= 15 is 0 Å². The highest BCUT2D eigenvalue weighted by atomic mass is 15.2. The van der Waals surface area contributed by atoms with Crippen LogP contribution in [-0.2, 0) is 10.8 Å². The summed E-state index contributed by atoms with van der Waals surface area (Å²) in [7, 11) is 0. The van der Waals surface area contributed by atoms with Crippen LogP contribution in [0.5, 0.6) is 0 Å². The second kappa shape index (κ2) is 31.9. The lowest BCUT2D eigenvalue weighted by molar-refractivity contribution is 0.660. The third-order valence-corrected chi connectivity index (χ3v) is 26.6. The molecule has 0 aromatic heterocycles. The summed E-state index contributed by atoms with van der Waals surface area (Å²) in [5.74, 6) is 0. The molecule has 0 amide bonds. The third-order valence-electron chi connectivity index (χ3n) is 26.6. The molecule has 596 valence electrons. The molecule has 0 heterocycles. The number of rotatable bonds is 18. The molecule has 0 saturated heterocycles. The number of hydrogen-bond acceptors (Lipinski definition) is 2. The number of fused-ring (bicyclic) bond motifs is 7. The number of anilines is 6. The van der Waals surface area contributed by atoms with Gasteiger partial charge in [0.1, 0.15) is 0 Å². The summed E-state index contributed by atoms with van der Waals surface area (Å²) < 4.78 is 0. The first-order chi connectivity index (χ1) is 62.0. The summed E-state index contributed by atoms with van der Waals surface area (Å²) in [5.41, 5.74) is 44.9. The van der Waals surface area contributed by atoms with Gasteiger partial charge in [-0.1, -0.05) is 422 Å². The minimum absolute atomic E-state index is 0.152. The average Bonchev–Trinajstić information content (AvgIpc) is 1.57. The monoisotopic (exact) mass is 1610 g/mol. The minimum Gasteiger partial charge on any atom is -0.310 e. The van der Waals surface area contributed by atoms with Crippen molar-refractivity contribution in [2.45, 2.75) is 38.5 Å². The Kier molecular flexibility index (Phi) is 19.4. The van der Waals surface area contributed by atoms with Crippen LogP contribution in [0.15, 0.2) is 473 Å². The fourth-order valence-electron chi connectivity index (χ4n) is 20.2. The summed E-state index contributed by atoms with van der Waals surface area (Å²) >= 11 is 0. The molecule has 0 radical (unpaired) electrons. The highest BCUT2D eigenvalue weighted by Crippen LogP contribution is 2.57. The molecule has 0 unspecified atom stereocenters. The Bertz CT molecular complexity index is 7510. The molecule has 20 aromatic carbocycles. The molecular formula is C124H90N2. The van der Waals surface area contributed by atoms with Gasteiger partial charge >= 0.3 is 0 Å². The van der Waals surface area contributed by atoms with E-state index in [1.807, 2.05) is 0 Å². The fourth-order valence-corrected chi connectivity index (χ4v) is 20.2. The van der Waals surface area contributed by atoms with Gasteiger partial charge in [0.25, 0.3) is 0 Å². The summed E-state index contributed by atoms with van der Waals surface area (Å²) in [4.78, 5) is 4.95. The van der Waals surface area contributed by atoms with Gasteiger partial charge in [-0.25, -0.2) is 0 Å². The highest BCUT2D eigenvalue weighted by molar-refractivity contribution is 6.04. The van der Waals surface area contributed by atoms with Gasteiger partial charge in [-0.15, -0.1) is 0 Å². The summed E-state index contributed by atoms with van der Waals surface area (Å²) in [5, 5.41) is 2.38. The third kappa shape index (κ3) is 13.6. The molecule has 0 fully saturated rings. The molecule has 0 spiro atoms. The molecule has 2 heteroatoms. The molecule has 2 aliphatic rings. The van der Waals surface area contributed by atoms with Crippen molar-refractivity contribution < 1.29 is 0 Å². The van der Waals surface area contributed by atoms with E-state index in [4.69, 9.17) is 0 Å². The molecule has 22 rings (SSSR count). The van der Waals surface area contributed by atoms with Gasteiger partial charge in [-0.3, -0.25) is 0 Å². The Morgan fingerprint density at radius 1 is 0.151 bits per heavy atom. The lowest BCUT2D eigenvalue weighted by Crippen LogP contribution is -2.15. The van der Waals surface area contributed by atoms with Gasteiger partial charge < -0.3 is 9.80 Å². The van der Waals surface area contributed by atoms with Crippen molar-refractivity contribution in [3.63, 3.8) is 0 Å². The Morgan fingerprint density at radius 3 is 0.897 bits per heavy atom. The molecule has 0 bridgehead atoms. The van der Waals surface area contributed by atoms with E-state index in [1.54, 1.807) is 0 Å². The van der Waals surface area contributed by atoms with Crippen molar-refractivity contribution in [3.05, 3.63) is 495 Å². The maximum atomic E-state index is 2.48. The van der Waals surface area contributed by atoms with E-state index in [9.17, 15) is 0 Å². The molecule has 0 atom stereocenters. The van der Waals surface area contributed by atoms with Crippen LogP contribution in [0.4, 0.5) is 34.1 Å². The maximum absolute atomic E-state index is 2.48. The largest absolute Gasteiger partial charge is 0.310 e. The Balaban J connectivity index is 0.607. The molecule has 20 aromatic rings. The second-order valence-electron chi connectivity index (χ2n) is 34.5. The van der Waals surface area contributed by atoms with Crippen molar-refractivity contribution >= 4 is 44.9 Å². The molecule has 0 saturated carbocycles. The normalized spacial score (nSPS) is 12.6. The van der Waals surface area contributed by atoms with E-state index in [0.29, 0.717) is 0 Å². The predicted molar refractivity (Wildman–Crippen MR) is 534 cm³/mol. The van der Waals surface area contributed by atoms with Crippen LogP contribution < -0.4 is 9.80 Å². The summed E-state index contributed by atoms with van der Waals surface area (Å²) in [6.45, 7) is 9.48. The van der Waals surface area contributed by atoms with Crippen LogP contribution in [0.1, 0.15) is 49.9 Å². The summed E-state index contributed by atoms with van der Waals surface area (Å²) in [6.07, 6.45) is 0.